The van der Waals surface area contributed by atoms with Crippen LogP contribution in [0.3, 0.4) is 0 Å². The van der Waals surface area contributed by atoms with Crippen molar-refractivity contribution in [1.29, 1.82) is 0 Å². The number of hydrogen-bond donors (Lipinski definition) is 0. The molecule has 1 aromatic heterocycles. The predicted octanol–water partition coefficient (Wildman–Crippen LogP) is 1.05. The molecule has 0 atom stereocenters. The molecule has 1 aromatic rings. The van der Waals surface area contributed by atoms with Gasteiger partial charge < -0.3 is 9.80 Å². The van der Waals surface area contributed by atoms with E-state index in [1.54, 1.807) is 11.3 Å². The lowest BCUT2D eigenvalue weighted by molar-refractivity contribution is 0.312. The fourth-order valence-corrected chi connectivity index (χ4v) is 2.46. The largest absolute Gasteiger partial charge is 0.344 e. The van der Waals surface area contributed by atoms with E-state index in [-0.39, 0.29) is 0 Å². The standard InChI is InChI=1S/C7H11BrN4S/c1-11-2-4-12(5-3-11)7-10-9-6(8)13-7/h2-5H2,1H3. The highest BCUT2D eigenvalue weighted by atomic mass is 79.9. The second-order valence-corrected chi connectivity index (χ2v) is 5.36. The first kappa shape index (κ1) is 9.36. The molecule has 1 aliphatic rings. The molecular weight excluding hydrogens is 252 g/mol. The number of likely N-dealkylation sites (N-methyl/N-ethyl adjacent to an activating group) is 1. The number of nitrogens with zero attached hydrogens (tertiary/aromatic N) is 4. The Hall–Kier alpha value is -0.200. The van der Waals surface area contributed by atoms with Crippen molar-refractivity contribution in [3.05, 3.63) is 3.92 Å². The first-order valence-electron chi connectivity index (χ1n) is 4.18. The summed E-state index contributed by atoms with van der Waals surface area (Å²) in [6.45, 7) is 4.32. The molecule has 13 heavy (non-hydrogen) atoms. The van der Waals surface area contributed by atoms with Crippen molar-refractivity contribution in [3.8, 4) is 0 Å². The van der Waals surface area contributed by atoms with Crippen LogP contribution in [0.1, 0.15) is 0 Å². The summed E-state index contributed by atoms with van der Waals surface area (Å²) in [5.74, 6) is 0. The minimum atomic E-state index is 0.862. The van der Waals surface area contributed by atoms with E-state index in [0.29, 0.717) is 0 Å². The molecule has 0 N–H and O–H groups in total. The molecule has 72 valence electrons. The van der Waals surface area contributed by atoms with E-state index < -0.39 is 0 Å². The molecule has 2 rings (SSSR count). The van der Waals surface area contributed by atoms with Crippen LogP contribution in [0.2, 0.25) is 0 Å². The zero-order valence-electron chi connectivity index (χ0n) is 7.40. The summed E-state index contributed by atoms with van der Waals surface area (Å²) in [6.07, 6.45) is 0. The van der Waals surface area contributed by atoms with Crippen LogP contribution in [0.5, 0.6) is 0 Å². The average molecular weight is 263 g/mol. The van der Waals surface area contributed by atoms with Crippen LogP contribution in [-0.2, 0) is 0 Å². The molecule has 1 saturated heterocycles. The number of rotatable bonds is 1. The van der Waals surface area contributed by atoms with Crippen LogP contribution in [0, 0.1) is 0 Å². The van der Waals surface area contributed by atoms with Gasteiger partial charge in [0.2, 0.25) is 5.13 Å². The van der Waals surface area contributed by atoms with Gasteiger partial charge in [-0.3, -0.25) is 0 Å². The lowest BCUT2D eigenvalue weighted by Gasteiger charge is -2.31. The maximum Gasteiger partial charge on any atom is 0.209 e. The van der Waals surface area contributed by atoms with Crippen molar-refractivity contribution in [3.63, 3.8) is 0 Å². The predicted molar refractivity (Wildman–Crippen MR) is 57.3 cm³/mol. The number of anilines is 1. The monoisotopic (exact) mass is 262 g/mol. The molecule has 1 aliphatic heterocycles. The molecule has 0 bridgehead atoms. The summed E-state index contributed by atoms with van der Waals surface area (Å²) < 4.78 is 0.862. The van der Waals surface area contributed by atoms with Gasteiger partial charge in [0.25, 0.3) is 0 Å². The maximum absolute atomic E-state index is 4.09. The lowest BCUT2D eigenvalue weighted by atomic mass is 10.3. The van der Waals surface area contributed by atoms with Crippen molar-refractivity contribution in [2.75, 3.05) is 38.1 Å². The van der Waals surface area contributed by atoms with Crippen LogP contribution >= 0.6 is 27.3 Å². The zero-order chi connectivity index (χ0) is 9.26. The lowest BCUT2D eigenvalue weighted by Crippen LogP contribution is -2.44. The molecule has 4 nitrogen and oxygen atoms in total. The Morgan fingerprint density at radius 2 is 1.92 bits per heavy atom. The van der Waals surface area contributed by atoms with E-state index in [1.807, 2.05) is 0 Å². The fraction of sp³-hybridized carbons (Fsp3) is 0.714. The third-order valence-electron chi connectivity index (χ3n) is 2.16. The Labute approximate surface area is 89.7 Å². The second-order valence-electron chi connectivity index (χ2n) is 3.13. The number of halogens is 1. The molecule has 0 spiro atoms. The summed E-state index contributed by atoms with van der Waals surface area (Å²) in [4.78, 5) is 4.61. The molecule has 0 amide bonds. The van der Waals surface area contributed by atoms with Crippen molar-refractivity contribution in [1.82, 2.24) is 15.1 Å². The second kappa shape index (κ2) is 3.89. The summed E-state index contributed by atoms with van der Waals surface area (Å²) in [5, 5.41) is 9.06. The van der Waals surface area contributed by atoms with Crippen molar-refractivity contribution in [2.24, 2.45) is 0 Å². The molecule has 6 heteroatoms. The van der Waals surface area contributed by atoms with Gasteiger partial charge in [-0.25, -0.2) is 0 Å². The molecular formula is C7H11BrN4S. The van der Waals surface area contributed by atoms with Crippen LogP contribution in [0.25, 0.3) is 0 Å². The first-order valence-corrected chi connectivity index (χ1v) is 5.79. The first-order chi connectivity index (χ1) is 6.25. The third kappa shape index (κ3) is 2.18. The van der Waals surface area contributed by atoms with Crippen LogP contribution in [0.15, 0.2) is 3.92 Å². The van der Waals surface area contributed by atoms with Gasteiger partial charge in [-0.1, -0.05) is 11.3 Å². The fourth-order valence-electron chi connectivity index (χ4n) is 1.32. The summed E-state index contributed by atoms with van der Waals surface area (Å²) in [6, 6.07) is 0. The van der Waals surface area contributed by atoms with E-state index in [1.165, 1.54) is 0 Å². The van der Waals surface area contributed by atoms with Gasteiger partial charge in [-0.15, -0.1) is 10.2 Å². The minimum Gasteiger partial charge on any atom is -0.344 e. The van der Waals surface area contributed by atoms with Crippen molar-refractivity contribution < 1.29 is 0 Å². The SMILES string of the molecule is CN1CCN(c2nnc(Br)s2)CC1. The minimum absolute atomic E-state index is 0.862. The Morgan fingerprint density at radius 3 is 2.46 bits per heavy atom. The average Bonchev–Trinajstić information content (AvgIpc) is 2.53. The molecule has 1 fully saturated rings. The quantitative estimate of drug-likeness (QED) is 0.758. The number of piperazine rings is 1. The molecule has 0 aliphatic carbocycles. The van der Waals surface area contributed by atoms with Crippen LogP contribution < -0.4 is 4.90 Å². The highest BCUT2D eigenvalue weighted by Gasteiger charge is 2.17. The molecule has 0 unspecified atom stereocenters. The number of hydrogen-bond acceptors (Lipinski definition) is 5. The van der Waals surface area contributed by atoms with Gasteiger partial charge in [-0.2, -0.15) is 0 Å². The molecule has 0 aromatic carbocycles. The van der Waals surface area contributed by atoms with E-state index >= 15 is 0 Å². The summed E-state index contributed by atoms with van der Waals surface area (Å²) in [7, 11) is 2.15. The van der Waals surface area contributed by atoms with Crippen molar-refractivity contribution >= 4 is 32.4 Å². The highest BCUT2D eigenvalue weighted by molar-refractivity contribution is 9.11. The molecule has 2 heterocycles. The Morgan fingerprint density at radius 1 is 1.23 bits per heavy atom. The van der Waals surface area contributed by atoms with Crippen LogP contribution in [-0.4, -0.2) is 48.3 Å². The van der Waals surface area contributed by atoms with E-state index in [2.05, 4.69) is 43.0 Å². The highest BCUT2D eigenvalue weighted by Crippen LogP contribution is 2.24. The number of aromatic nitrogens is 2. The Bertz CT molecular complexity index is 282. The molecule has 0 saturated carbocycles. The maximum atomic E-state index is 4.09. The van der Waals surface area contributed by atoms with Crippen molar-refractivity contribution in [2.45, 2.75) is 0 Å². The third-order valence-corrected chi connectivity index (χ3v) is 3.58. The summed E-state index contributed by atoms with van der Waals surface area (Å²) in [5.41, 5.74) is 0. The topological polar surface area (TPSA) is 32.3 Å². The van der Waals surface area contributed by atoms with E-state index in [9.17, 15) is 0 Å². The normalized spacial score (nSPS) is 19.4. The van der Waals surface area contributed by atoms with Gasteiger partial charge in [0.1, 0.15) is 0 Å². The van der Waals surface area contributed by atoms with E-state index in [4.69, 9.17) is 0 Å². The van der Waals surface area contributed by atoms with Gasteiger partial charge in [0.15, 0.2) is 3.92 Å². The van der Waals surface area contributed by atoms with Gasteiger partial charge in [-0.05, 0) is 23.0 Å². The Kier molecular flexibility index (Phi) is 2.80. The van der Waals surface area contributed by atoms with Crippen LogP contribution in [0.4, 0.5) is 5.13 Å². The van der Waals surface area contributed by atoms with E-state index in [0.717, 1.165) is 35.2 Å². The smallest absolute Gasteiger partial charge is 0.209 e. The van der Waals surface area contributed by atoms with Gasteiger partial charge >= 0.3 is 0 Å². The zero-order valence-corrected chi connectivity index (χ0v) is 9.81. The Balaban J connectivity index is 2.02. The molecule has 0 radical (unpaired) electrons. The van der Waals surface area contributed by atoms with Gasteiger partial charge in [0.05, 0.1) is 0 Å². The van der Waals surface area contributed by atoms with Gasteiger partial charge in [0, 0.05) is 26.2 Å². The summed E-state index contributed by atoms with van der Waals surface area (Å²) >= 11 is 4.92.